The van der Waals surface area contributed by atoms with Gasteiger partial charge in [0.05, 0.1) is 6.61 Å². The largest absolute Gasteiger partial charge is 0.493 e. The first-order valence-electron chi connectivity index (χ1n) is 6.94. The number of hydrogen-bond acceptors (Lipinski definition) is 3. The van der Waals surface area contributed by atoms with Crippen LogP contribution in [0.4, 0.5) is 0 Å². The summed E-state index contributed by atoms with van der Waals surface area (Å²) in [5.41, 5.74) is 1.17. The zero-order chi connectivity index (χ0) is 14.4. The molecule has 0 atom stereocenters. The van der Waals surface area contributed by atoms with Crippen molar-refractivity contribution in [2.75, 3.05) is 12.5 Å². The minimum atomic E-state index is -0.326. The van der Waals surface area contributed by atoms with Crippen molar-refractivity contribution in [3.05, 3.63) is 40.2 Å². The van der Waals surface area contributed by atoms with Crippen LogP contribution in [0.3, 0.4) is 0 Å². The highest BCUT2D eigenvalue weighted by molar-refractivity contribution is 6.17. The van der Waals surface area contributed by atoms with Crippen LogP contribution in [-0.2, 0) is 0 Å². The van der Waals surface area contributed by atoms with Crippen LogP contribution in [0, 0.1) is 6.92 Å². The van der Waals surface area contributed by atoms with Gasteiger partial charge in [0, 0.05) is 23.4 Å². The molecule has 0 N–H and O–H groups in total. The third kappa shape index (κ3) is 4.01. The standard InChI is InChI=1S/C16H19ClO3/c1-12-10-16(18)20-15-11-13(6-7-14(12)15)19-9-5-3-2-4-8-17/h6-7,10-11H,2-5,8-9H2,1H3. The number of ether oxygens (including phenoxy) is 1. The lowest BCUT2D eigenvalue weighted by Gasteiger charge is -2.07. The van der Waals surface area contributed by atoms with Gasteiger partial charge < -0.3 is 9.15 Å². The van der Waals surface area contributed by atoms with E-state index in [4.69, 9.17) is 20.8 Å². The van der Waals surface area contributed by atoms with Gasteiger partial charge in [-0.3, -0.25) is 0 Å². The van der Waals surface area contributed by atoms with E-state index < -0.39 is 0 Å². The Balaban J connectivity index is 1.96. The Kier molecular flexibility index (Phi) is 5.48. The molecule has 0 aliphatic carbocycles. The SMILES string of the molecule is Cc1cc(=O)oc2cc(OCCCCCCCl)ccc12. The Bertz CT molecular complexity index is 619. The molecule has 0 amide bonds. The van der Waals surface area contributed by atoms with E-state index in [1.54, 1.807) is 6.07 Å². The molecule has 0 bridgehead atoms. The molecular weight excluding hydrogens is 276 g/mol. The van der Waals surface area contributed by atoms with Crippen molar-refractivity contribution in [3.8, 4) is 5.75 Å². The van der Waals surface area contributed by atoms with Crippen molar-refractivity contribution < 1.29 is 9.15 Å². The fraction of sp³-hybridized carbons (Fsp3) is 0.438. The van der Waals surface area contributed by atoms with Crippen molar-refractivity contribution in [1.82, 2.24) is 0 Å². The van der Waals surface area contributed by atoms with E-state index in [1.807, 2.05) is 19.1 Å². The summed E-state index contributed by atoms with van der Waals surface area (Å²) in [5.74, 6) is 1.47. The summed E-state index contributed by atoms with van der Waals surface area (Å²) < 4.78 is 10.9. The number of rotatable bonds is 7. The van der Waals surface area contributed by atoms with Gasteiger partial charge >= 0.3 is 5.63 Å². The van der Waals surface area contributed by atoms with Crippen LogP contribution in [0.2, 0.25) is 0 Å². The lowest BCUT2D eigenvalue weighted by molar-refractivity contribution is 0.305. The molecular formula is C16H19ClO3. The average Bonchev–Trinajstić information content (AvgIpc) is 2.42. The first kappa shape index (κ1) is 14.9. The summed E-state index contributed by atoms with van der Waals surface area (Å²) >= 11 is 5.62. The Hall–Kier alpha value is -1.48. The van der Waals surface area contributed by atoms with Crippen LogP contribution in [0.15, 0.2) is 33.5 Å². The van der Waals surface area contributed by atoms with Gasteiger partial charge in [-0.2, -0.15) is 0 Å². The predicted octanol–water partition coefficient (Wildman–Crippen LogP) is 4.28. The fourth-order valence-corrected chi connectivity index (χ4v) is 2.32. The highest BCUT2D eigenvalue weighted by Gasteiger charge is 2.04. The molecule has 0 saturated heterocycles. The van der Waals surface area contributed by atoms with Crippen molar-refractivity contribution >= 4 is 22.6 Å². The van der Waals surface area contributed by atoms with Gasteiger partial charge in [-0.25, -0.2) is 4.79 Å². The predicted molar refractivity (Wildman–Crippen MR) is 81.9 cm³/mol. The quantitative estimate of drug-likeness (QED) is 0.435. The molecule has 0 aliphatic heterocycles. The van der Waals surface area contributed by atoms with Crippen LogP contribution in [0.25, 0.3) is 11.0 Å². The van der Waals surface area contributed by atoms with Crippen LogP contribution in [0.1, 0.15) is 31.2 Å². The minimum absolute atomic E-state index is 0.326. The lowest BCUT2D eigenvalue weighted by atomic mass is 10.1. The van der Waals surface area contributed by atoms with Crippen molar-refractivity contribution in [1.29, 1.82) is 0 Å². The molecule has 0 aliphatic rings. The van der Waals surface area contributed by atoms with E-state index >= 15 is 0 Å². The van der Waals surface area contributed by atoms with Gasteiger partial charge in [-0.05, 0) is 37.5 Å². The summed E-state index contributed by atoms with van der Waals surface area (Å²) in [7, 11) is 0. The highest BCUT2D eigenvalue weighted by Crippen LogP contribution is 2.22. The van der Waals surface area contributed by atoms with E-state index in [1.165, 1.54) is 6.07 Å². The normalized spacial score (nSPS) is 10.9. The summed E-state index contributed by atoms with van der Waals surface area (Å²) in [6.07, 6.45) is 4.32. The second-order valence-corrected chi connectivity index (χ2v) is 5.24. The number of unbranched alkanes of at least 4 members (excludes halogenated alkanes) is 3. The monoisotopic (exact) mass is 294 g/mol. The van der Waals surface area contributed by atoms with Crippen molar-refractivity contribution in [2.24, 2.45) is 0 Å². The molecule has 108 valence electrons. The van der Waals surface area contributed by atoms with Crippen LogP contribution < -0.4 is 10.4 Å². The number of halogens is 1. The van der Waals surface area contributed by atoms with Gasteiger partial charge in [0.1, 0.15) is 11.3 Å². The first-order chi connectivity index (χ1) is 9.70. The van der Waals surface area contributed by atoms with Gasteiger partial charge in [-0.1, -0.05) is 12.8 Å². The zero-order valence-electron chi connectivity index (χ0n) is 11.7. The molecule has 0 saturated carbocycles. The van der Waals surface area contributed by atoms with Crippen LogP contribution >= 0.6 is 11.6 Å². The molecule has 0 spiro atoms. The smallest absolute Gasteiger partial charge is 0.336 e. The van der Waals surface area contributed by atoms with E-state index in [2.05, 4.69) is 0 Å². The first-order valence-corrected chi connectivity index (χ1v) is 7.47. The number of alkyl halides is 1. The Labute approximate surface area is 123 Å². The van der Waals surface area contributed by atoms with Crippen LogP contribution in [0.5, 0.6) is 5.75 Å². The molecule has 1 heterocycles. The Morgan fingerprint density at radius 1 is 1.15 bits per heavy atom. The second-order valence-electron chi connectivity index (χ2n) is 4.86. The van der Waals surface area contributed by atoms with Crippen molar-refractivity contribution in [3.63, 3.8) is 0 Å². The van der Waals surface area contributed by atoms with Crippen LogP contribution in [-0.4, -0.2) is 12.5 Å². The van der Waals surface area contributed by atoms with E-state index in [0.29, 0.717) is 12.2 Å². The lowest BCUT2D eigenvalue weighted by Crippen LogP contribution is -2.00. The van der Waals surface area contributed by atoms with E-state index in [0.717, 1.165) is 48.3 Å². The second kappa shape index (κ2) is 7.34. The Morgan fingerprint density at radius 2 is 1.95 bits per heavy atom. The highest BCUT2D eigenvalue weighted by atomic mass is 35.5. The third-order valence-electron chi connectivity index (χ3n) is 3.22. The Morgan fingerprint density at radius 3 is 2.75 bits per heavy atom. The van der Waals surface area contributed by atoms with Gasteiger partial charge in [0.15, 0.2) is 0 Å². The molecule has 1 aromatic carbocycles. The van der Waals surface area contributed by atoms with Gasteiger partial charge in [0.25, 0.3) is 0 Å². The van der Waals surface area contributed by atoms with Crippen molar-refractivity contribution in [2.45, 2.75) is 32.6 Å². The number of aryl methyl sites for hydroxylation is 1. The molecule has 3 nitrogen and oxygen atoms in total. The molecule has 0 radical (unpaired) electrons. The average molecular weight is 295 g/mol. The molecule has 0 fully saturated rings. The molecule has 2 aromatic rings. The van der Waals surface area contributed by atoms with Gasteiger partial charge in [-0.15, -0.1) is 11.6 Å². The molecule has 2 rings (SSSR count). The molecule has 4 heteroatoms. The van der Waals surface area contributed by atoms with Gasteiger partial charge in [0.2, 0.25) is 0 Å². The zero-order valence-corrected chi connectivity index (χ0v) is 12.4. The molecule has 0 unspecified atom stereocenters. The summed E-state index contributed by atoms with van der Waals surface area (Å²) in [4.78, 5) is 11.4. The van der Waals surface area contributed by atoms with E-state index in [-0.39, 0.29) is 5.63 Å². The third-order valence-corrected chi connectivity index (χ3v) is 3.49. The number of hydrogen-bond donors (Lipinski definition) is 0. The summed E-state index contributed by atoms with van der Waals surface area (Å²) in [6.45, 7) is 2.57. The number of benzene rings is 1. The maximum Gasteiger partial charge on any atom is 0.336 e. The maximum atomic E-state index is 11.4. The molecule has 20 heavy (non-hydrogen) atoms. The van der Waals surface area contributed by atoms with E-state index in [9.17, 15) is 4.79 Å². The number of fused-ring (bicyclic) bond motifs is 1. The fourth-order valence-electron chi connectivity index (χ4n) is 2.14. The maximum absolute atomic E-state index is 11.4. The summed E-state index contributed by atoms with van der Waals surface area (Å²) in [6, 6.07) is 7.12. The summed E-state index contributed by atoms with van der Waals surface area (Å²) in [5, 5.41) is 0.944. The minimum Gasteiger partial charge on any atom is -0.493 e. The topological polar surface area (TPSA) is 39.4 Å². The molecule has 1 aromatic heterocycles.